The highest BCUT2D eigenvalue weighted by Gasteiger charge is 1.99. The monoisotopic (exact) mass is 132 g/mol. The van der Waals surface area contributed by atoms with Gasteiger partial charge < -0.3 is 0 Å². The molecule has 2 aliphatic heterocycles. The van der Waals surface area contributed by atoms with Gasteiger partial charge >= 0.3 is 0 Å². The number of hydrogen-bond donors (Lipinski definition) is 0. The molecule has 10 heavy (non-hydrogen) atoms. The fraction of sp³-hybridized carbons (Fsp3) is 0. The molecule has 48 valence electrons. The molecule has 4 nitrogen and oxygen atoms in total. The van der Waals surface area contributed by atoms with E-state index in [0.29, 0.717) is 0 Å². The van der Waals surface area contributed by atoms with Crippen molar-refractivity contribution in [3.8, 4) is 11.3 Å². The summed E-state index contributed by atoms with van der Waals surface area (Å²) in [6, 6.07) is 1.82. The minimum absolute atomic E-state index is 0.775. The van der Waals surface area contributed by atoms with Crippen molar-refractivity contribution in [2.75, 3.05) is 0 Å². The maximum Gasteiger partial charge on any atom is 0.115 e. The Bertz CT molecular complexity index is 281. The zero-order valence-corrected chi connectivity index (χ0v) is 5.10. The van der Waals surface area contributed by atoms with E-state index < -0.39 is 0 Å². The smallest absolute Gasteiger partial charge is 0.115 e. The SMILES string of the molecule is c1cc2cnnc-2cnn1. The maximum absolute atomic E-state index is 3.81. The van der Waals surface area contributed by atoms with Gasteiger partial charge in [0, 0.05) is 5.56 Å². The minimum Gasteiger partial charge on any atom is -0.159 e. The summed E-state index contributed by atoms with van der Waals surface area (Å²) in [4.78, 5) is 0. The van der Waals surface area contributed by atoms with E-state index >= 15 is 0 Å². The van der Waals surface area contributed by atoms with Crippen molar-refractivity contribution in [1.82, 2.24) is 20.4 Å². The van der Waals surface area contributed by atoms with Gasteiger partial charge in [-0.25, -0.2) is 0 Å². The minimum atomic E-state index is 0.775. The van der Waals surface area contributed by atoms with E-state index in [1.807, 2.05) is 6.07 Å². The van der Waals surface area contributed by atoms with Gasteiger partial charge in [0.05, 0.1) is 18.6 Å². The molecule has 0 saturated heterocycles. The number of nitrogens with zero attached hydrogens (tertiary/aromatic N) is 4. The van der Waals surface area contributed by atoms with Crippen molar-refractivity contribution >= 4 is 0 Å². The number of rotatable bonds is 0. The van der Waals surface area contributed by atoms with Crippen LogP contribution in [0.2, 0.25) is 0 Å². The first kappa shape index (κ1) is 5.22. The van der Waals surface area contributed by atoms with Crippen molar-refractivity contribution in [3.63, 3.8) is 0 Å². The summed E-state index contributed by atoms with van der Waals surface area (Å²) >= 11 is 0. The molecule has 0 fully saturated rings. The molecule has 0 unspecified atom stereocenters. The molecule has 4 heteroatoms. The van der Waals surface area contributed by atoms with Gasteiger partial charge in [-0.15, -0.1) is 5.10 Å². The Morgan fingerprint density at radius 2 is 2.00 bits per heavy atom. The second-order valence-electron chi connectivity index (χ2n) is 1.86. The lowest BCUT2D eigenvalue weighted by Crippen LogP contribution is -1.70. The largest absolute Gasteiger partial charge is 0.159 e. The summed E-state index contributed by atoms with van der Waals surface area (Å²) in [7, 11) is 0. The molecule has 0 aromatic rings. The van der Waals surface area contributed by atoms with Crippen molar-refractivity contribution in [3.05, 3.63) is 24.7 Å². The van der Waals surface area contributed by atoms with Gasteiger partial charge in [0.25, 0.3) is 0 Å². The van der Waals surface area contributed by atoms with Gasteiger partial charge in [0.1, 0.15) is 5.69 Å². The summed E-state index contributed by atoms with van der Waals surface area (Å²) in [6.45, 7) is 0. The zero-order valence-electron chi connectivity index (χ0n) is 5.10. The number of aromatic nitrogens is 4. The molecule has 0 N–H and O–H groups in total. The van der Waals surface area contributed by atoms with E-state index in [1.165, 1.54) is 0 Å². The third kappa shape index (κ3) is 0.699. The average molecular weight is 132 g/mol. The molecular weight excluding hydrogens is 128 g/mol. The van der Waals surface area contributed by atoms with Crippen molar-refractivity contribution in [2.24, 2.45) is 0 Å². The normalized spacial score (nSPS) is 10.0. The highest BCUT2D eigenvalue weighted by Crippen LogP contribution is 2.12. The van der Waals surface area contributed by atoms with Crippen molar-refractivity contribution in [1.29, 1.82) is 0 Å². The van der Waals surface area contributed by atoms with Crippen LogP contribution in [0.25, 0.3) is 11.3 Å². The third-order valence-corrected chi connectivity index (χ3v) is 1.23. The van der Waals surface area contributed by atoms with Crippen LogP contribution in [0.15, 0.2) is 24.7 Å². The molecule has 0 aromatic carbocycles. The van der Waals surface area contributed by atoms with Crippen molar-refractivity contribution in [2.45, 2.75) is 0 Å². The molecule has 0 saturated carbocycles. The lowest BCUT2D eigenvalue weighted by molar-refractivity contribution is 1.03. The van der Waals surface area contributed by atoms with Gasteiger partial charge in [-0.3, -0.25) is 0 Å². The standard InChI is InChI=1S/C6H4N4/c1-2-7-8-4-6-5(1)3-9-10-6/h1-4H. The van der Waals surface area contributed by atoms with E-state index in [2.05, 4.69) is 20.4 Å². The van der Waals surface area contributed by atoms with Crippen LogP contribution in [0.1, 0.15) is 0 Å². The highest BCUT2D eigenvalue weighted by atomic mass is 15.1. The Labute approximate surface area is 57.3 Å². The van der Waals surface area contributed by atoms with E-state index in [1.54, 1.807) is 18.6 Å². The summed E-state index contributed by atoms with van der Waals surface area (Å²) in [6.07, 6.45) is 4.88. The van der Waals surface area contributed by atoms with Crippen LogP contribution in [0.3, 0.4) is 0 Å². The molecule has 0 spiro atoms. The van der Waals surface area contributed by atoms with Crippen LogP contribution in [-0.4, -0.2) is 20.4 Å². The summed E-state index contributed by atoms with van der Waals surface area (Å²) in [5, 5.41) is 14.9. The molecule has 0 aromatic heterocycles. The molecule has 2 aliphatic rings. The molecular formula is C6H4N4. The second-order valence-corrected chi connectivity index (χ2v) is 1.86. The van der Waals surface area contributed by atoms with Crippen LogP contribution in [-0.2, 0) is 0 Å². The molecule has 0 radical (unpaired) electrons. The quantitative estimate of drug-likeness (QED) is 0.519. The van der Waals surface area contributed by atoms with E-state index in [9.17, 15) is 0 Å². The number of fused-ring (bicyclic) bond motifs is 1. The van der Waals surface area contributed by atoms with Gasteiger partial charge in [-0.1, -0.05) is 0 Å². The van der Waals surface area contributed by atoms with E-state index in [4.69, 9.17) is 0 Å². The molecule has 0 amide bonds. The Morgan fingerprint density at radius 1 is 1.00 bits per heavy atom. The lowest BCUT2D eigenvalue weighted by atomic mass is 10.3. The summed E-state index contributed by atoms with van der Waals surface area (Å²) in [5.74, 6) is 0. The highest BCUT2D eigenvalue weighted by molar-refractivity contribution is 5.55. The Balaban J connectivity index is 2.74. The molecule has 2 heterocycles. The fourth-order valence-corrected chi connectivity index (χ4v) is 0.746. The van der Waals surface area contributed by atoms with E-state index in [-0.39, 0.29) is 0 Å². The Hall–Kier alpha value is -1.58. The van der Waals surface area contributed by atoms with Gasteiger partial charge in [-0.2, -0.15) is 15.3 Å². The topological polar surface area (TPSA) is 51.6 Å². The van der Waals surface area contributed by atoms with Gasteiger partial charge in [0.2, 0.25) is 0 Å². The number of hydrogen-bond acceptors (Lipinski definition) is 4. The lowest BCUT2D eigenvalue weighted by Gasteiger charge is -1.78. The van der Waals surface area contributed by atoms with Crippen LogP contribution in [0.4, 0.5) is 0 Å². The Kier molecular flexibility index (Phi) is 1.04. The van der Waals surface area contributed by atoms with Crippen LogP contribution < -0.4 is 0 Å². The zero-order chi connectivity index (χ0) is 6.81. The predicted octanol–water partition coefficient (Wildman–Crippen LogP) is 0.371. The first-order valence-corrected chi connectivity index (χ1v) is 2.85. The van der Waals surface area contributed by atoms with Crippen molar-refractivity contribution < 1.29 is 0 Å². The van der Waals surface area contributed by atoms with Gasteiger partial charge in [-0.05, 0) is 6.07 Å². The molecule has 0 bridgehead atoms. The molecule has 0 aliphatic carbocycles. The predicted molar refractivity (Wildman–Crippen MR) is 34.2 cm³/mol. The maximum atomic E-state index is 3.81. The fourth-order valence-electron chi connectivity index (χ4n) is 0.746. The first-order chi connectivity index (χ1) is 4.97. The van der Waals surface area contributed by atoms with Gasteiger partial charge in [0.15, 0.2) is 0 Å². The molecule has 2 rings (SSSR count). The average Bonchev–Trinajstić information content (AvgIpc) is 2.28. The van der Waals surface area contributed by atoms with Crippen LogP contribution in [0, 0.1) is 0 Å². The van der Waals surface area contributed by atoms with Crippen LogP contribution in [0.5, 0.6) is 0 Å². The third-order valence-electron chi connectivity index (χ3n) is 1.23. The summed E-state index contributed by atoms with van der Waals surface area (Å²) < 4.78 is 0. The second kappa shape index (κ2) is 1.98. The summed E-state index contributed by atoms with van der Waals surface area (Å²) in [5.41, 5.74) is 1.74. The van der Waals surface area contributed by atoms with E-state index in [0.717, 1.165) is 11.3 Å². The first-order valence-electron chi connectivity index (χ1n) is 2.85. The Morgan fingerprint density at radius 3 is 3.00 bits per heavy atom. The van der Waals surface area contributed by atoms with Crippen LogP contribution >= 0.6 is 0 Å². The molecule has 0 atom stereocenters.